The number of aromatic nitrogens is 2. The topological polar surface area (TPSA) is 84.1 Å². The number of imidazole rings is 1. The SMILES string of the molecule is [2H]c1c(C(=O)C2CC2)c([2H])c2c(nc(N([2H])C(=O)OC)n2[2H])c1[2H]. The van der Waals surface area contributed by atoms with Crippen molar-refractivity contribution in [1.29, 1.82) is 0 Å². The molecule has 0 atom stereocenters. The number of ether oxygens (including phenoxy) is 1. The number of ketones is 1. The molecule has 3 rings (SSSR count). The molecule has 1 aliphatic rings. The van der Waals surface area contributed by atoms with Crippen molar-refractivity contribution in [2.75, 3.05) is 12.4 Å². The van der Waals surface area contributed by atoms with Gasteiger partial charge < -0.3 is 9.71 Å². The van der Waals surface area contributed by atoms with Crippen molar-refractivity contribution in [2.24, 2.45) is 5.92 Å². The Morgan fingerprint density at radius 3 is 3.11 bits per heavy atom. The van der Waals surface area contributed by atoms with Crippen LogP contribution in [0.15, 0.2) is 18.1 Å². The highest BCUT2D eigenvalue weighted by molar-refractivity contribution is 6.01. The summed E-state index contributed by atoms with van der Waals surface area (Å²) in [5, 5.41) is 0.206. The molecule has 0 bridgehead atoms. The highest BCUT2D eigenvalue weighted by Crippen LogP contribution is 2.33. The van der Waals surface area contributed by atoms with Crippen LogP contribution in [0.2, 0.25) is 2.82 Å². The van der Waals surface area contributed by atoms with Crippen LogP contribution in [0.5, 0.6) is 0 Å². The van der Waals surface area contributed by atoms with Crippen LogP contribution >= 0.6 is 0 Å². The van der Waals surface area contributed by atoms with E-state index >= 15 is 0 Å². The quantitative estimate of drug-likeness (QED) is 0.833. The summed E-state index contributed by atoms with van der Waals surface area (Å²) < 4.78 is 44.2. The maximum absolute atomic E-state index is 12.3. The number of H-pyrrole nitrogens is 1. The third kappa shape index (κ3) is 2.29. The van der Waals surface area contributed by atoms with E-state index in [9.17, 15) is 9.59 Å². The zero-order chi connectivity index (χ0) is 17.8. The lowest BCUT2D eigenvalue weighted by Gasteiger charge is -1.98. The largest absolute Gasteiger partial charge is 0.453 e. The molecule has 0 spiro atoms. The average Bonchev–Trinajstić information content (AvgIpc) is 3.34. The van der Waals surface area contributed by atoms with Gasteiger partial charge in [0.15, 0.2) is 8.61 Å². The second-order valence-corrected chi connectivity index (χ2v) is 4.19. The smallest absolute Gasteiger partial charge is 0.413 e. The number of amides is 1. The molecule has 2 aromatic rings. The lowest BCUT2D eigenvalue weighted by molar-refractivity contribution is 0.0967. The van der Waals surface area contributed by atoms with Gasteiger partial charge in [0.2, 0.25) is 5.95 Å². The van der Waals surface area contributed by atoms with Gasteiger partial charge in [-0.15, -0.1) is 0 Å². The van der Waals surface area contributed by atoms with Crippen LogP contribution in [-0.2, 0) is 4.74 Å². The van der Waals surface area contributed by atoms with E-state index in [4.69, 9.17) is 6.94 Å². The first kappa shape index (κ1) is 7.28. The van der Waals surface area contributed by atoms with E-state index in [2.05, 4.69) is 9.72 Å². The number of nitrogens with one attached hydrogen (secondary N) is 2. The van der Waals surface area contributed by atoms with Gasteiger partial charge in [0.25, 0.3) is 0 Å². The van der Waals surface area contributed by atoms with Crippen LogP contribution in [0.1, 0.15) is 27.3 Å². The van der Waals surface area contributed by atoms with E-state index in [-0.39, 0.29) is 33.6 Å². The first-order valence-corrected chi connectivity index (χ1v) is 5.72. The highest BCUT2D eigenvalue weighted by atomic mass is 16.5. The Balaban J connectivity index is 2.27. The Labute approximate surface area is 116 Å². The maximum Gasteiger partial charge on any atom is 0.413 e. The fraction of sp³-hybridized carbons (Fsp3) is 0.308. The number of aromatic amines is 1. The van der Waals surface area contributed by atoms with Crippen LogP contribution in [0.25, 0.3) is 11.0 Å². The zero-order valence-corrected chi connectivity index (χ0v) is 10.1. The first-order chi connectivity index (χ1) is 11.3. The number of fused-ring (bicyclic) bond motifs is 1. The Bertz CT molecular complexity index is 878. The van der Waals surface area contributed by atoms with Crippen LogP contribution < -0.4 is 5.31 Å². The number of hydrogen-bond acceptors (Lipinski definition) is 4. The molecule has 98 valence electrons. The molecule has 0 aliphatic heterocycles. The van der Waals surface area contributed by atoms with Crippen LogP contribution in [0.4, 0.5) is 10.7 Å². The fourth-order valence-electron chi connectivity index (χ4n) is 1.63. The van der Waals surface area contributed by atoms with Gasteiger partial charge in [0.05, 0.1) is 22.3 Å². The number of nitrogens with zero attached hydrogens (tertiary/aromatic N) is 1. The Morgan fingerprint density at radius 2 is 2.42 bits per heavy atom. The summed E-state index contributed by atoms with van der Waals surface area (Å²) in [6.45, 7) is 0. The van der Waals surface area contributed by atoms with Crippen LogP contribution in [-0.4, -0.2) is 28.9 Å². The van der Waals surface area contributed by atoms with Crippen molar-refractivity contribution in [3.63, 3.8) is 0 Å². The van der Waals surface area contributed by atoms with Crippen molar-refractivity contribution in [2.45, 2.75) is 12.8 Å². The maximum atomic E-state index is 12.3. The van der Waals surface area contributed by atoms with Crippen molar-refractivity contribution in [3.05, 3.63) is 23.7 Å². The van der Waals surface area contributed by atoms with Crippen LogP contribution in [0, 0.1) is 5.92 Å². The summed E-state index contributed by atoms with van der Waals surface area (Å²) >= 11 is 0. The first-order valence-electron chi connectivity index (χ1n) is 8.11. The summed E-state index contributed by atoms with van der Waals surface area (Å²) in [6.07, 6.45) is 0.256. The third-order valence-electron chi connectivity index (χ3n) is 2.76. The predicted octanol–water partition coefficient (Wildman–Crippen LogP) is 2.33. The lowest BCUT2D eigenvalue weighted by atomic mass is 10.1. The van der Waals surface area contributed by atoms with Crippen LogP contribution in [0.3, 0.4) is 0 Å². The number of anilines is 1. The number of carbonyl (C=O) groups is 2. The fourth-order valence-corrected chi connectivity index (χ4v) is 1.63. The number of Topliss-reactive ketones (excluding diaryl/α,β-unsaturated/α-hetero) is 1. The number of methoxy groups -OCH3 is 1. The Kier molecular flexibility index (Phi) is 1.68. The van der Waals surface area contributed by atoms with Gasteiger partial charge in [-0.05, 0) is 31.0 Å². The van der Waals surface area contributed by atoms with Gasteiger partial charge in [-0.3, -0.25) is 10.1 Å². The molecule has 0 radical (unpaired) electrons. The third-order valence-corrected chi connectivity index (χ3v) is 2.76. The summed E-state index contributed by atoms with van der Waals surface area (Å²) in [5.74, 6) is -1.13. The molecule has 1 aliphatic carbocycles. The average molecular weight is 264 g/mol. The standard InChI is InChI=1S/C13H13N3O3/c1-19-13(18)16-12-14-9-5-4-8(6-10(9)15-12)11(17)7-2-3-7/h4-7H,2-3H2,1H3,(H2,14,15,16,18)/i4D,5D,6D/hD2. The molecule has 6 nitrogen and oxygen atoms in total. The second-order valence-electron chi connectivity index (χ2n) is 4.19. The van der Waals surface area contributed by atoms with E-state index < -0.39 is 30.2 Å². The summed E-state index contributed by atoms with van der Waals surface area (Å²) in [7, 11) is 1.06. The van der Waals surface area contributed by atoms with Gasteiger partial charge in [-0.1, -0.05) is 0 Å². The molecular weight excluding hydrogens is 246 g/mol. The highest BCUT2D eigenvalue weighted by Gasteiger charge is 2.30. The summed E-state index contributed by atoms with van der Waals surface area (Å²) in [6, 6.07) is -1.24. The molecule has 2 N–H and O–H groups in total. The van der Waals surface area contributed by atoms with Gasteiger partial charge in [0, 0.05) is 11.5 Å². The molecule has 1 aromatic heterocycles. The second kappa shape index (κ2) is 4.38. The molecule has 0 unspecified atom stereocenters. The minimum absolute atomic E-state index is 0.191. The van der Waals surface area contributed by atoms with Gasteiger partial charge >= 0.3 is 6.09 Å². The normalized spacial score (nSPS) is 18.1. The number of carbonyl (C=O) groups excluding carboxylic acids is 2. The van der Waals surface area contributed by atoms with Crippen molar-refractivity contribution < 1.29 is 21.3 Å². The van der Waals surface area contributed by atoms with Gasteiger partial charge in [-0.2, -0.15) is 0 Å². The van der Waals surface area contributed by atoms with Crippen molar-refractivity contribution >= 4 is 28.9 Å². The van der Waals surface area contributed by atoms with E-state index in [1.54, 1.807) is 0 Å². The van der Waals surface area contributed by atoms with Crippen molar-refractivity contribution in [3.8, 4) is 0 Å². The van der Waals surface area contributed by atoms with E-state index in [1.165, 1.54) is 0 Å². The Hall–Kier alpha value is -2.37. The predicted molar refractivity (Wildman–Crippen MR) is 69.2 cm³/mol. The molecule has 6 heteroatoms. The van der Waals surface area contributed by atoms with E-state index in [0.717, 1.165) is 7.11 Å². The van der Waals surface area contributed by atoms with Gasteiger partial charge in [-0.25, -0.2) is 9.78 Å². The van der Waals surface area contributed by atoms with E-state index in [0.29, 0.717) is 17.8 Å². The minimum atomic E-state index is -1.10. The van der Waals surface area contributed by atoms with Crippen molar-refractivity contribution in [1.82, 2.24) is 9.96 Å². The Morgan fingerprint density at radius 1 is 1.63 bits per heavy atom. The molecule has 1 heterocycles. The molecule has 19 heavy (non-hydrogen) atoms. The van der Waals surface area contributed by atoms with E-state index in [1.807, 2.05) is 0 Å². The minimum Gasteiger partial charge on any atom is -0.453 e. The summed E-state index contributed by atoms with van der Waals surface area (Å²) in [5.41, 5.74) is -0.607. The number of benzene rings is 1. The zero-order valence-electron chi connectivity index (χ0n) is 15.1. The molecule has 1 fully saturated rings. The molecular formula is C13H13N3O3. The summed E-state index contributed by atoms with van der Waals surface area (Å²) in [4.78, 5) is 28.1. The molecule has 1 saturated carbocycles. The lowest BCUT2D eigenvalue weighted by Crippen LogP contribution is -2.11. The molecule has 0 saturated heterocycles. The molecule has 1 aromatic carbocycles. The number of hydrogen-bond donors (Lipinski definition) is 2. The monoisotopic (exact) mass is 264 g/mol. The molecule has 1 amide bonds. The van der Waals surface area contributed by atoms with Gasteiger partial charge in [0.1, 0.15) is 0 Å². The number of rotatable bonds is 3.